The zero-order valence-corrected chi connectivity index (χ0v) is 11.8. The summed E-state index contributed by atoms with van der Waals surface area (Å²) in [6.45, 7) is 0. The summed E-state index contributed by atoms with van der Waals surface area (Å²) in [4.78, 5) is 11.4. The molecule has 0 saturated carbocycles. The van der Waals surface area contributed by atoms with Gasteiger partial charge in [-0.1, -0.05) is 0 Å². The number of aromatic nitrogens is 1. The van der Waals surface area contributed by atoms with E-state index >= 15 is 0 Å². The van der Waals surface area contributed by atoms with Crippen LogP contribution >= 0.6 is 0 Å². The molecule has 0 spiro atoms. The molecule has 2 N–H and O–H groups in total. The van der Waals surface area contributed by atoms with Crippen LogP contribution in [0.15, 0.2) is 42.6 Å². The van der Waals surface area contributed by atoms with Crippen LogP contribution in [-0.2, 0) is 22.1 Å². The quantitative estimate of drug-likeness (QED) is 0.883. The number of halogens is 3. The first-order valence-corrected chi connectivity index (χ1v) is 6.50. The Morgan fingerprint density at radius 2 is 1.91 bits per heavy atom. The van der Waals surface area contributed by atoms with Gasteiger partial charge in [0.25, 0.3) is 0 Å². The second-order valence-electron chi connectivity index (χ2n) is 4.75. The molecule has 0 saturated heterocycles. The first-order chi connectivity index (χ1) is 10.3. The molecule has 0 fully saturated rings. The number of carbonyl (C=O) groups excluding carboxylic acids is 1. The Bertz CT molecular complexity index is 648. The summed E-state index contributed by atoms with van der Waals surface area (Å²) in [6, 6.07) is 7.43. The highest BCUT2D eigenvalue weighted by atomic mass is 19.4. The van der Waals surface area contributed by atoms with Crippen LogP contribution in [0.4, 0.5) is 13.2 Å². The molecule has 4 nitrogen and oxygen atoms in total. The second kappa shape index (κ2) is 6.23. The lowest BCUT2D eigenvalue weighted by Crippen LogP contribution is -2.34. The fraction of sp³-hybridized carbons (Fsp3) is 0.267. The Balaban J connectivity index is 2.24. The molecule has 22 heavy (non-hydrogen) atoms. The molecule has 0 amide bonds. The average molecular weight is 312 g/mol. The molecule has 1 unspecified atom stereocenters. The van der Waals surface area contributed by atoms with E-state index in [1.54, 1.807) is 22.9 Å². The standard InChI is InChI=1S/C15H15F3N2O2/c1-22-14(21)13(19)9-12-3-2-8-20(12)11-6-4-10(5-7-11)15(16,17)18/h2-8,13H,9,19H2,1H3. The van der Waals surface area contributed by atoms with Crippen molar-refractivity contribution in [2.45, 2.75) is 18.6 Å². The maximum Gasteiger partial charge on any atom is 0.416 e. The topological polar surface area (TPSA) is 57.2 Å². The number of alkyl halides is 3. The molecule has 0 aliphatic carbocycles. The molecule has 118 valence electrons. The van der Waals surface area contributed by atoms with Gasteiger partial charge in [-0.05, 0) is 36.4 Å². The number of nitrogens with zero attached hydrogens (tertiary/aromatic N) is 1. The lowest BCUT2D eigenvalue weighted by Gasteiger charge is -2.14. The van der Waals surface area contributed by atoms with Crippen molar-refractivity contribution in [1.29, 1.82) is 0 Å². The van der Waals surface area contributed by atoms with Crippen LogP contribution in [0.1, 0.15) is 11.3 Å². The summed E-state index contributed by atoms with van der Waals surface area (Å²) < 4.78 is 43.9. The van der Waals surface area contributed by atoms with E-state index in [4.69, 9.17) is 5.73 Å². The number of hydrogen-bond donors (Lipinski definition) is 1. The third-order valence-corrected chi connectivity index (χ3v) is 3.24. The molecule has 0 aliphatic heterocycles. The van der Waals surface area contributed by atoms with Gasteiger partial charge in [0, 0.05) is 24.0 Å². The number of methoxy groups -OCH3 is 1. The van der Waals surface area contributed by atoms with Crippen LogP contribution in [0.25, 0.3) is 5.69 Å². The molecular weight excluding hydrogens is 297 g/mol. The molecular formula is C15H15F3N2O2. The third kappa shape index (κ3) is 3.48. The summed E-state index contributed by atoms with van der Waals surface area (Å²) >= 11 is 0. The SMILES string of the molecule is COC(=O)C(N)Cc1cccn1-c1ccc(C(F)(F)F)cc1. The Morgan fingerprint density at radius 1 is 1.27 bits per heavy atom. The van der Waals surface area contributed by atoms with Gasteiger partial charge >= 0.3 is 12.1 Å². The van der Waals surface area contributed by atoms with Crippen LogP contribution in [0.2, 0.25) is 0 Å². The van der Waals surface area contributed by atoms with Crippen LogP contribution in [-0.4, -0.2) is 23.7 Å². The van der Waals surface area contributed by atoms with E-state index in [9.17, 15) is 18.0 Å². The van der Waals surface area contributed by atoms with Gasteiger partial charge in [0.15, 0.2) is 0 Å². The van der Waals surface area contributed by atoms with Crippen LogP contribution in [0, 0.1) is 0 Å². The van der Waals surface area contributed by atoms with Crippen LogP contribution in [0.3, 0.4) is 0 Å². The van der Waals surface area contributed by atoms with Crippen LogP contribution in [0.5, 0.6) is 0 Å². The average Bonchev–Trinajstić information content (AvgIpc) is 2.93. The number of ether oxygens (including phenoxy) is 1. The van der Waals surface area contributed by atoms with Crippen LogP contribution < -0.4 is 5.73 Å². The molecule has 0 radical (unpaired) electrons. The molecule has 1 atom stereocenters. The third-order valence-electron chi connectivity index (χ3n) is 3.24. The number of rotatable bonds is 4. The lowest BCUT2D eigenvalue weighted by atomic mass is 10.1. The number of benzene rings is 1. The summed E-state index contributed by atoms with van der Waals surface area (Å²) in [5.74, 6) is -0.542. The van der Waals surface area contributed by atoms with Crippen molar-refractivity contribution in [2.24, 2.45) is 5.73 Å². The summed E-state index contributed by atoms with van der Waals surface area (Å²) in [7, 11) is 1.25. The minimum atomic E-state index is -4.37. The predicted molar refractivity (Wildman–Crippen MR) is 74.5 cm³/mol. The molecule has 2 rings (SSSR count). The highest BCUT2D eigenvalue weighted by molar-refractivity contribution is 5.75. The van der Waals surface area contributed by atoms with E-state index in [0.29, 0.717) is 11.4 Å². The molecule has 1 aromatic heterocycles. The van der Waals surface area contributed by atoms with E-state index in [-0.39, 0.29) is 6.42 Å². The zero-order chi connectivity index (χ0) is 16.3. The maximum absolute atomic E-state index is 12.6. The number of carbonyl (C=O) groups is 1. The molecule has 1 aromatic carbocycles. The van der Waals surface area contributed by atoms with Gasteiger partial charge in [-0.15, -0.1) is 0 Å². The first kappa shape index (κ1) is 16.1. The highest BCUT2D eigenvalue weighted by Crippen LogP contribution is 2.29. The lowest BCUT2D eigenvalue weighted by molar-refractivity contribution is -0.142. The zero-order valence-electron chi connectivity index (χ0n) is 11.8. The van der Waals surface area contributed by atoms with Crippen molar-refractivity contribution in [3.63, 3.8) is 0 Å². The number of nitrogens with two attached hydrogens (primary N) is 1. The fourth-order valence-electron chi connectivity index (χ4n) is 2.11. The molecule has 1 heterocycles. The van der Waals surface area contributed by atoms with Gasteiger partial charge in [0.05, 0.1) is 12.7 Å². The normalized spacial score (nSPS) is 13.0. The number of esters is 1. The van der Waals surface area contributed by atoms with Crippen molar-refractivity contribution < 1.29 is 22.7 Å². The van der Waals surface area contributed by atoms with Gasteiger partial charge in [0.2, 0.25) is 0 Å². The molecule has 0 aliphatic rings. The van der Waals surface area contributed by atoms with Crippen molar-refractivity contribution in [3.8, 4) is 5.69 Å². The molecule has 7 heteroatoms. The van der Waals surface area contributed by atoms with E-state index in [0.717, 1.165) is 12.1 Å². The predicted octanol–water partition coefficient (Wildman–Crippen LogP) is 2.54. The van der Waals surface area contributed by atoms with Gasteiger partial charge < -0.3 is 15.0 Å². The maximum atomic E-state index is 12.6. The second-order valence-corrected chi connectivity index (χ2v) is 4.75. The first-order valence-electron chi connectivity index (χ1n) is 6.50. The smallest absolute Gasteiger partial charge is 0.416 e. The minimum absolute atomic E-state index is 0.223. The fourth-order valence-corrected chi connectivity index (χ4v) is 2.11. The Hall–Kier alpha value is -2.28. The van der Waals surface area contributed by atoms with Gasteiger partial charge in [-0.2, -0.15) is 13.2 Å². The largest absolute Gasteiger partial charge is 0.468 e. The van der Waals surface area contributed by atoms with Gasteiger partial charge in [-0.3, -0.25) is 4.79 Å². The number of hydrogen-bond acceptors (Lipinski definition) is 3. The summed E-state index contributed by atoms with van der Waals surface area (Å²) in [5.41, 5.74) is 6.27. The van der Waals surface area contributed by atoms with E-state index in [2.05, 4.69) is 4.74 Å². The van der Waals surface area contributed by atoms with E-state index in [1.807, 2.05) is 0 Å². The monoisotopic (exact) mass is 312 g/mol. The van der Waals surface area contributed by atoms with Crippen molar-refractivity contribution in [2.75, 3.05) is 7.11 Å². The summed E-state index contributed by atoms with van der Waals surface area (Å²) in [5, 5.41) is 0. The van der Waals surface area contributed by atoms with Crippen molar-refractivity contribution >= 4 is 5.97 Å². The Labute approximate surface area is 125 Å². The summed E-state index contributed by atoms with van der Waals surface area (Å²) in [6.07, 6.45) is -2.45. The highest BCUT2D eigenvalue weighted by Gasteiger charge is 2.30. The van der Waals surface area contributed by atoms with E-state index < -0.39 is 23.8 Å². The minimum Gasteiger partial charge on any atom is -0.468 e. The van der Waals surface area contributed by atoms with E-state index in [1.165, 1.54) is 19.2 Å². The Morgan fingerprint density at radius 3 is 2.45 bits per heavy atom. The van der Waals surface area contributed by atoms with Crippen molar-refractivity contribution in [1.82, 2.24) is 4.57 Å². The molecule has 0 bridgehead atoms. The van der Waals surface area contributed by atoms with Gasteiger partial charge in [-0.25, -0.2) is 0 Å². The van der Waals surface area contributed by atoms with Crippen molar-refractivity contribution in [3.05, 3.63) is 53.9 Å². The molecule has 2 aromatic rings. The van der Waals surface area contributed by atoms with Gasteiger partial charge in [0.1, 0.15) is 6.04 Å². The Kier molecular flexibility index (Phi) is 4.56.